The van der Waals surface area contributed by atoms with Crippen molar-refractivity contribution in [3.05, 3.63) is 79.7 Å². The molecular weight excluding hydrogens is 470 g/mol. The van der Waals surface area contributed by atoms with Crippen molar-refractivity contribution in [3.63, 3.8) is 0 Å². The van der Waals surface area contributed by atoms with Crippen molar-refractivity contribution < 1.29 is 24.3 Å². The van der Waals surface area contributed by atoms with E-state index in [1.165, 1.54) is 42.4 Å². The number of carbonyl (C=O) groups is 1. The Morgan fingerprint density at radius 1 is 1.31 bits per heavy atom. The first-order valence-electron chi connectivity index (χ1n) is 11.1. The second kappa shape index (κ2) is 10.7. The summed E-state index contributed by atoms with van der Waals surface area (Å²) in [6.45, 7) is 4.30. The zero-order valence-corrected chi connectivity index (χ0v) is 20.2. The third-order valence-electron chi connectivity index (χ3n) is 5.67. The Kier molecular flexibility index (Phi) is 7.42. The molecule has 35 heavy (non-hydrogen) atoms. The van der Waals surface area contributed by atoms with E-state index < -0.39 is 22.3 Å². The van der Waals surface area contributed by atoms with Crippen LogP contribution in [0.3, 0.4) is 0 Å². The number of ether oxygens (including phenoxy) is 2. The topological polar surface area (TPSA) is 115 Å². The number of methoxy groups -OCH3 is 1. The molecule has 3 aromatic rings. The maximum Gasteiger partial charge on any atom is 0.341 e. The average molecular weight is 496 g/mol. The first-order valence-corrected chi connectivity index (χ1v) is 11.9. The molecule has 0 unspecified atom stereocenters. The summed E-state index contributed by atoms with van der Waals surface area (Å²) in [6.07, 6.45) is 2.12. The number of fused-ring (bicyclic) bond motifs is 1. The molecule has 4 rings (SSSR count). The Balaban J connectivity index is 1.66. The number of nitro groups is 1. The molecular formula is C25H25N3O6S. The summed E-state index contributed by atoms with van der Waals surface area (Å²) in [5, 5.41) is 21.8. The SMILES string of the molecule is CCOC(=O)c1c(N=Cc2cc(OC)c(O)c([N+](=O)[O-])c2)sc2c1CCN(Cc1ccccc1)C2. The predicted molar refractivity (Wildman–Crippen MR) is 133 cm³/mol. The molecule has 0 radical (unpaired) electrons. The van der Waals surface area contributed by atoms with Crippen molar-refractivity contribution >= 4 is 34.2 Å². The number of aliphatic imine (C=N–C) groups is 1. The third-order valence-corrected chi connectivity index (χ3v) is 6.80. The zero-order valence-electron chi connectivity index (χ0n) is 19.4. The second-order valence-electron chi connectivity index (χ2n) is 7.96. The van der Waals surface area contributed by atoms with Gasteiger partial charge >= 0.3 is 11.7 Å². The number of esters is 1. The Morgan fingerprint density at radius 3 is 2.77 bits per heavy atom. The van der Waals surface area contributed by atoms with Crippen LogP contribution in [0.25, 0.3) is 0 Å². The zero-order chi connectivity index (χ0) is 24.9. The summed E-state index contributed by atoms with van der Waals surface area (Å²) in [7, 11) is 1.31. The van der Waals surface area contributed by atoms with Gasteiger partial charge in [-0.15, -0.1) is 11.3 Å². The number of carbonyl (C=O) groups excluding carboxylic acids is 1. The maximum atomic E-state index is 12.8. The molecule has 0 amide bonds. The summed E-state index contributed by atoms with van der Waals surface area (Å²) >= 11 is 1.42. The number of hydrogen-bond acceptors (Lipinski definition) is 9. The minimum atomic E-state index is -0.690. The van der Waals surface area contributed by atoms with Gasteiger partial charge in [-0.3, -0.25) is 15.0 Å². The van der Waals surface area contributed by atoms with Crippen molar-refractivity contribution in [1.82, 2.24) is 4.90 Å². The standard InChI is InChI=1S/C25H25N3O6S/c1-3-34-25(30)22-18-9-10-27(14-16-7-5-4-6-8-16)15-21(18)35-24(22)26-13-17-11-19(28(31)32)23(29)20(12-17)33-2/h4-8,11-13,29H,3,9-10,14-15H2,1-2H3. The number of phenolic OH excluding ortho intramolecular Hbond substituents is 1. The summed E-state index contributed by atoms with van der Waals surface area (Å²) < 4.78 is 10.4. The highest BCUT2D eigenvalue weighted by Crippen LogP contribution is 2.40. The Morgan fingerprint density at radius 2 is 2.09 bits per heavy atom. The fourth-order valence-corrected chi connectivity index (χ4v) is 5.26. The van der Waals surface area contributed by atoms with Crippen LogP contribution in [0.2, 0.25) is 0 Å². The van der Waals surface area contributed by atoms with Gasteiger partial charge in [0.25, 0.3) is 0 Å². The summed E-state index contributed by atoms with van der Waals surface area (Å²) in [5.74, 6) is -1.01. The minimum Gasteiger partial charge on any atom is -0.500 e. The van der Waals surface area contributed by atoms with Gasteiger partial charge in [0.2, 0.25) is 5.75 Å². The first kappa shape index (κ1) is 24.4. The Hall–Kier alpha value is -3.76. The number of aromatic hydroxyl groups is 1. The van der Waals surface area contributed by atoms with E-state index in [1.54, 1.807) is 6.92 Å². The number of benzene rings is 2. The van der Waals surface area contributed by atoms with Crippen molar-refractivity contribution in [3.8, 4) is 11.5 Å². The lowest BCUT2D eigenvalue weighted by atomic mass is 10.0. The highest BCUT2D eigenvalue weighted by atomic mass is 32.1. The average Bonchev–Trinajstić information content (AvgIpc) is 3.21. The number of thiophene rings is 1. The molecule has 0 atom stereocenters. The first-order chi connectivity index (χ1) is 16.9. The van der Waals surface area contributed by atoms with E-state index in [-0.39, 0.29) is 12.4 Å². The Labute approximate surface area is 206 Å². The van der Waals surface area contributed by atoms with Crippen LogP contribution in [0.4, 0.5) is 10.7 Å². The molecule has 1 aliphatic heterocycles. The van der Waals surface area contributed by atoms with Crippen molar-refractivity contribution in [2.75, 3.05) is 20.3 Å². The molecule has 1 aliphatic rings. The van der Waals surface area contributed by atoms with Crippen LogP contribution >= 0.6 is 11.3 Å². The normalized spacial score (nSPS) is 13.5. The van der Waals surface area contributed by atoms with Crippen LogP contribution in [-0.2, 0) is 24.2 Å². The van der Waals surface area contributed by atoms with Crippen LogP contribution in [0.5, 0.6) is 11.5 Å². The summed E-state index contributed by atoms with van der Waals surface area (Å²) in [5.41, 5.74) is 2.48. The number of phenols is 1. The van der Waals surface area contributed by atoms with E-state index in [4.69, 9.17) is 9.47 Å². The number of hydrogen-bond donors (Lipinski definition) is 1. The molecule has 1 aromatic heterocycles. The van der Waals surface area contributed by atoms with Gasteiger partial charge in [0.1, 0.15) is 5.00 Å². The van der Waals surface area contributed by atoms with Gasteiger partial charge in [0.05, 0.1) is 24.2 Å². The van der Waals surface area contributed by atoms with Crippen LogP contribution in [-0.4, -0.2) is 47.4 Å². The number of nitro benzene ring substituents is 1. The fourth-order valence-electron chi connectivity index (χ4n) is 4.04. The largest absolute Gasteiger partial charge is 0.500 e. The highest BCUT2D eigenvalue weighted by molar-refractivity contribution is 7.16. The molecule has 2 aromatic carbocycles. The lowest BCUT2D eigenvalue weighted by molar-refractivity contribution is -0.386. The molecule has 0 bridgehead atoms. The maximum absolute atomic E-state index is 12.8. The number of rotatable bonds is 8. The predicted octanol–water partition coefficient (Wildman–Crippen LogP) is 4.86. The van der Waals surface area contributed by atoms with Crippen LogP contribution < -0.4 is 4.74 Å². The van der Waals surface area contributed by atoms with Crippen LogP contribution in [0, 0.1) is 10.1 Å². The molecule has 0 saturated heterocycles. The summed E-state index contributed by atoms with van der Waals surface area (Å²) in [6, 6.07) is 12.9. The number of nitrogens with zero attached hydrogens (tertiary/aromatic N) is 3. The molecule has 9 nitrogen and oxygen atoms in total. The highest BCUT2D eigenvalue weighted by Gasteiger charge is 2.29. The fraction of sp³-hybridized carbons (Fsp3) is 0.280. The third kappa shape index (κ3) is 5.33. The van der Waals surface area contributed by atoms with Gasteiger partial charge < -0.3 is 14.6 Å². The van der Waals surface area contributed by atoms with Crippen LogP contribution in [0.1, 0.15) is 38.8 Å². The summed E-state index contributed by atoms with van der Waals surface area (Å²) in [4.78, 5) is 31.3. The quantitative estimate of drug-likeness (QED) is 0.205. The smallest absolute Gasteiger partial charge is 0.341 e. The van der Waals surface area contributed by atoms with Gasteiger partial charge in [-0.25, -0.2) is 9.79 Å². The molecule has 10 heteroatoms. The van der Waals surface area contributed by atoms with Crippen LogP contribution in [0.15, 0.2) is 47.5 Å². The molecule has 1 N–H and O–H groups in total. The van der Waals surface area contributed by atoms with E-state index in [0.29, 0.717) is 29.1 Å². The molecule has 182 valence electrons. The lowest BCUT2D eigenvalue weighted by Crippen LogP contribution is -2.29. The Bertz CT molecular complexity index is 1270. The van der Waals surface area contributed by atoms with Gasteiger partial charge in [-0.05, 0) is 30.5 Å². The second-order valence-corrected chi connectivity index (χ2v) is 9.04. The van der Waals surface area contributed by atoms with E-state index >= 15 is 0 Å². The molecule has 0 saturated carbocycles. The van der Waals surface area contributed by atoms with Gasteiger partial charge in [-0.2, -0.15) is 0 Å². The molecule has 0 aliphatic carbocycles. The van der Waals surface area contributed by atoms with E-state index in [0.717, 1.165) is 23.5 Å². The molecule has 0 spiro atoms. The molecule has 0 fully saturated rings. The van der Waals surface area contributed by atoms with Crippen molar-refractivity contribution in [2.24, 2.45) is 4.99 Å². The van der Waals surface area contributed by atoms with Gasteiger partial charge in [-0.1, -0.05) is 30.3 Å². The monoisotopic (exact) mass is 495 g/mol. The molecule has 2 heterocycles. The van der Waals surface area contributed by atoms with E-state index in [1.807, 2.05) is 18.2 Å². The lowest BCUT2D eigenvalue weighted by Gasteiger charge is -2.27. The minimum absolute atomic E-state index is 0.0340. The van der Waals surface area contributed by atoms with Crippen molar-refractivity contribution in [2.45, 2.75) is 26.4 Å². The van der Waals surface area contributed by atoms with Crippen molar-refractivity contribution in [1.29, 1.82) is 0 Å². The van der Waals surface area contributed by atoms with E-state index in [2.05, 4.69) is 22.0 Å². The van der Waals surface area contributed by atoms with Gasteiger partial charge in [0, 0.05) is 42.4 Å². The van der Waals surface area contributed by atoms with Gasteiger partial charge in [0.15, 0.2) is 5.75 Å². The van der Waals surface area contributed by atoms with E-state index in [9.17, 15) is 20.0 Å².